The van der Waals surface area contributed by atoms with Crippen molar-refractivity contribution in [3.8, 4) is 0 Å². The Balaban J connectivity index is 2.26. The Bertz CT molecular complexity index is 266. The van der Waals surface area contributed by atoms with Crippen LogP contribution in [0.4, 0.5) is 0 Å². The fraction of sp³-hybridized carbons (Fsp3) is 0.545. The van der Waals surface area contributed by atoms with Crippen LogP contribution in [0.3, 0.4) is 0 Å². The molecule has 4 heteroatoms. The second-order valence-corrected chi connectivity index (χ2v) is 3.63. The highest BCUT2D eigenvalue weighted by atomic mass is 16.5. The van der Waals surface area contributed by atoms with Crippen molar-refractivity contribution in [3.05, 3.63) is 23.9 Å². The third kappa shape index (κ3) is 4.65. The summed E-state index contributed by atoms with van der Waals surface area (Å²) in [6.45, 7) is 3.34. The normalized spacial score (nSPS) is 19.4. The number of ether oxygens (including phenoxy) is 1. The molecular weight excluding hydrogens is 192 g/mol. The molecule has 0 atom stereocenters. The Morgan fingerprint density at radius 2 is 2.13 bits per heavy atom. The summed E-state index contributed by atoms with van der Waals surface area (Å²) in [5.41, 5.74) is 5.64. The number of rotatable bonds is 4. The zero-order chi connectivity index (χ0) is 11.1. The lowest BCUT2D eigenvalue weighted by molar-refractivity contribution is -0.114. The van der Waals surface area contributed by atoms with Gasteiger partial charge >= 0.3 is 0 Å². The van der Waals surface area contributed by atoms with Gasteiger partial charge in [0.2, 0.25) is 5.91 Å². The van der Waals surface area contributed by atoms with E-state index in [9.17, 15) is 4.79 Å². The van der Waals surface area contributed by atoms with Gasteiger partial charge in [-0.05, 0) is 32.0 Å². The molecule has 15 heavy (non-hydrogen) atoms. The van der Waals surface area contributed by atoms with E-state index in [1.165, 1.54) is 0 Å². The maximum Gasteiger partial charge on any atom is 0.244 e. The van der Waals surface area contributed by atoms with E-state index in [1.54, 1.807) is 19.1 Å². The minimum absolute atomic E-state index is 0.384. The van der Waals surface area contributed by atoms with Gasteiger partial charge in [-0.3, -0.25) is 4.79 Å². The van der Waals surface area contributed by atoms with Crippen molar-refractivity contribution in [2.75, 3.05) is 13.2 Å². The fourth-order valence-corrected chi connectivity index (χ4v) is 1.33. The Kier molecular flexibility index (Phi) is 4.90. The molecule has 0 radical (unpaired) electrons. The van der Waals surface area contributed by atoms with E-state index in [-0.39, 0.29) is 5.91 Å². The predicted octanol–water partition coefficient (Wildman–Crippen LogP) is 0.700. The molecule has 3 N–H and O–H groups in total. The number of hydrogen-bond donors (Lipinski definition) is 2. The van der Waals surface area contributed by atoms with E-state index in [1.807, 2.05) is 6.20 Å². The first-order valence-corrected chi connectivity index (χ1v) is 5.17. The number of amides is 1. The first kappa shape index (κ1) is 11.8. The van der Waals surface area contributed by atoms with Crippen LogP contribution in [-0.2, 0) is 9.53 Å². The summed E-state index contributed by atoms with van der Waals surface area (Å²) in [5.74, 6) is -0.384. The maximum atomic E-state index is 10.7. The number of primary amides is 1. The number of carbonyl (C=O) groups is 1. The van der Waals surface area contributed by atoms with Crippen molar-refractivity contribution in [2.24, 2.45) is 5.73 Å². The van der Waals surface area contributed by atoms with Gasteiger partial charge < -0.3 is 15.8 Å². The van der Waals surface area contributed by atoms with Crippen LogP contribution in [-0.4, -0.2) is 25.2 Å². The van der Waals surface area contributed by atoms with Crippen LogP contribution in [0.25, 0.3) is 0 Å². The molecule has 1 rings (SSSR count). The molecule has 0 bridgehead atoms. The Labute approximate surface area is 90.2 Å². The number of nitrogens with one attached hydrogen (secondary N) is 1. The zero-order valence-electron chi connectivity index (χ0n) is 9.03. The summed E-state index contributed by atoms with van der Waals surface area (Å²) < 4.78 is 5.24. The Morgan fingerprint density at radius 3 is 2.73 bits per heavy atom. The first-order valence-electron chi connectivity index (χ1n) is 5.17. The molecule has 0 saturated carbocycles. The monoisotopic (exact) mass is 210 g/mol. The minimum atomic E-state index is -0.384. The molecule has 1 fully saturated rings. The van der Waals surface area contributed by atoms with Crippen molar-refractivity contribution in [2.45, 2.75) is 25.8 Å². The van der Waals surface area contributed by atoms with E-state index in [4.69, 9.17) is 10.5 Å². The highest BCUT2D eigenvalue weighted by Crippen LogP contribution is 2.05. The average molecular weight is 210 g/mol. The molecule has 0 spiro atoms. The first-order chi connectivity index (χ1) is 7.20. The average Bonchev–Trinajstić information content (AvgIpc) is 2.25. The van der Waals surface area contributed by atoms with Crippen LogP contribution in [0.1, 0.15) is 19.8 Å². The topological polar surface area (TPSA) is 64.3 Å². The number of hydrogen-bond acceptors (Lipinski definition) is 3. The minimum Gasteiger partial charge on any atom is -0.388 e. The largest absolute Gasteiger partial charge is 0.388 e. The van der Waals surface area contributed by atoms with Gasteiger partial charge in [-0.2, -0.15) is 0 Å². The standard InChI is InChI=1S/C11H18N2O2/c1-9(11(12)14)3-2-6-13-10-4-7-15-8-5-10/h2-3,6,10,13H,4-5,7-8H2,1H3,(H2,12,14)/b6-2-,9-3+. The van der Waals surface area contributed by atoms with Crippen LogP contribution in [0, 0.1) is 0 Å². The van der Waals surface area contributed by atoms with Crippen molar-refractivity contribution < 1.29 is 9.53 Å². The van der Waals surface area contributed by atoms with E-state index >= 15 is 0 Å². The summed E-state index contributed by atoms with van der Waals surface area (Å²) in [6, 6.07) is 0.484. The van der Waals surface area contributed by atoms with Gasteiger partial charge in [0.25, 0.3) is 0 Å². The van der Waals surface area contributed by atoms with Crippen molar-refractivity contribution in [3.63, 3.8) is 0 Å². The molecule has 1 aliphatic heterocycles. The lowest BCUT2D eigenvalue weighted by Gasteiger charge is -2.21. The van der Waals surface area contributed by atoms with Gasteiger partial charge in [-0.1, -0.05) is 6.08 Å². The van der Waals surface area contributed by atoms with Crippen molar-refractivity contribution in [1.29, 1.82) is 0 Å². The molecule has 1 saturated heterocycles. The number of nitrogens with two attached hydrogens (primary N) is 1. The second kappa shape index (κ2) is 6.24. The third-order valence-electron chi connectivity index (χ3n) is 2.38. The van der Waals surface area contributed by atoms with Crippen molar-refractivity contribution >= 4 is 5.91 Å². The Hall–Kier alpha value is -1.29. The molecular formula is C11H18N2O2. The molecule has 0 unspecified atom stereocenters. The van der Waals surface area contributed by atoms with Gasteiger partial charge in [-0.15, -0.1) is 0 Å². The highest BCUT2D eigenvalue weighted by molar-refractivity contribution is 5.91. The summed E-state index contributed by atoms with van der Waals surface area (Å²) in [6.07, 6.45) is 7.42. The van der Waals surface area contributed by atoms with Gasteiger partial charge in [0, 0.05) is 24.8 Å². The zero-order valence-corrected chi connectivity index (χ0v) is 9.03. The van der Waals surface area contributed by atoms with Crippen LogP contribution < -0.4 is 11.1 Å². The molecule has 4 nitrogen and oxygen atoms in total. The number of carbonyl (C=O) groups excluding carboxylic acids is 1. The van der Waals surface area contributed by atoms with E-state index in [2.05, 4.69) is 5.32 Å². The summed E-state index contributed by atoms with van der Waals surface area (Å²) >= 11 is 0. The Morgan fingerprint density at radius 1 is 1.47 bits per heavy atom. The van der Waals surface area contributed by atoms with E-state index in [0.717, 1.165) is 26.1 Å². The molecule has 1 amide bonds. The summed E-state index contributed by atoms with van der Waals surface area (Å²) in [7, 11) is 0. The SMILES string of the molecule is C/C(=C\C=C/NC1CCOCC1)C(N)=O. The van der Waals surface area contributed by atoms with Gasteiger partial charge in [-0.25, -0.2) is 0 Å². The van der Waals surface area contributed by atoms with E-state index in [0.29, 0.717) is 11.6 Å². The second-order valence-electron chi connectivity index (χ2n) is 3.63. The number of allylic oxidation sites excluding steroid dienone is 2. The van der Waals surface area contributed by atoms with Crippen LogP contribution >= 0.6 is 0 Å². The fourth-order valence-electron chi connectivity index (χ4n) is 1.33. The quantitative estimate of drug-likeness (QED) is 0.530. The molecule has 1 aliphatic rings. The van der Waals surface area contributed by atoms with Crippen LogP contribution in [0.5, 0.6) is 0 Å². The molecule has 0 aromatic carbocycles. The predicted molar refractivity (Wildman–Crippen MR) is 59.1 cm³/mol. The summed E-state index contributed by atoms with van der Waals surface area (Å²) in [5, 5.41) is 3.26. The van der Waals surface area contributed by atoms with Gasteiger partial charge in [0.15, 0.2) is 0 Å². The van der Waals surface area contributed by atoms with Crippen LogP contribution in [0.15, 0.2) is 23.9 Å². The maximum absolute atomic E-state index is 10.7. The van der Waals surface area contributed by atoms with Gasteiger partial charge in [0.1, 0.15) is 0 Å². The lowest BCUT2D eigenvalue weighted by atomic mass is 10.1. The van der Waals surface area contributed by atoms with E-state index < -0.39 is 0 Å². The third-order valence-corrected chi connectivity index (χ3v) is 2.38. The molecule has 0 aromatic rings. The van der Waals surface area contributed by atoms with Crippen molar-refractivity contribution in [1.82, 2.24) is 5.32 Å². The highest BCUT2D eigenvalue weighted by Gasteiger charge is 2.10. The lowest BCUT2D eigenvalue weighted by Crippen LogP contribution is -2.31. The smallest absolute Gasteiger partial charge is 0.244 e. The molecule has 0 aliphatic carbocycles. The van der Waals surface area contributed by atoms with Gasteiger partial charge in [0.05, 0.1) is 0 Å². The molecule has 1 heterocycles. The summed E-state index contributed by atoms with van der Waals surface area (Å²) in [4.78, 5) is 10.7. The molecule has 84 valence electrons. The van der Waals surface area contributed by atoms with Crippen LogP contribution in [0.2, 0.25) is 0 Å². The molecule has 0 aromatic heterocycles.